The Hall–Kier alpha value is -3.55. The molecule has 0 bridgehead atoms. The highest BCUT2D eigenvalue weighted by Gasteiger charge is 2.29. The standard InChI is InChI=1S/C27H28F3N3O2/c1-2-18-14-19-7-9-22(35-13-5-12-32-24-6-3-4-11-31-24)15-21(19)17-33(27(18)34)16-20-8-10-23(28)26(30)25(20)29/h3-4,6-11,15,18H,2,5,12-14,16-17H2,1H3,(H,31,32). The lowest BCUT2D eigenvalue weighted by atomic mass is 9.95. The Balaban J connectivity index is 1.43. The Labute approximate surface area is 202 Å². The second kappa shape index (κ2) is 11.3. The molecule has 2 aromatic carbocycles. The topological polar surface area (TPSA) is 54.5 Å². The molecule has 184 valence electrons. The van der Waals surface area contributed by atoms with Crippen LogP contribution in [0.25, 0.3) is 0 Å². The number of anilines is 1. The molecule has 0 fully saturated rings. The van der Waals surface area contributed by atoms with Gasteiger partial charge in [-0.05, 0) is 60.7 Å². The zero-order chi connectivity index (χ0) is 24.8. The minimum Gasteiger partial charge on any atom is -0.494 e. The number of hydrogen-bond donors (Lipinski definition) is 1. The number of amides is 1. The van der Waals surface area contributed by atoms with Crippen molar-refractivity contribution in [1.29, 1.82) is 0 Å². The molecule has 0 aliphatic carbocycles. The van der Waals surface area contributed by atoms with E-state index in [1.165, 1.54) is 11.0 Å². The highest BCUT2D eigenvalue weighted by atomic mass is 19.2. The van der Waals surface area contributed by atoms with E-state index in [2.05, 4.69) is 10.3 Å². The van der Waals surface area contributed by atoms with Gasteiger partial charge in [-0.2, -0.15) is 0 Å². The summed E-state index contributed by atoms with van der Waals surface area (Å²) in [6, 6.07) is 13.5. The summed E-state index contributed by atoms with van der Waals surface area (Å²) in [6.07, 6.45) is 3.68. The molecule has 1 aliphatic heterocycles. The maximum atomic E-state index is 14.3. The smallest absolute Gasteiger partial charge is 0.226 e. The average molecular weight is 484 g/mol. The Morgan fingerprint density at radius 2 is 1.94 bits per heavy atom. The van der Waals surface area contributed by atoms with Crippen molar-refractivity contribution >= 4 is 11.7 Å². The third-order valence-corrected chi connectivity index (χ3v) is 6.20. The van der Waals surface area contributed by atoms with E-state index >= 15 is 0 Å². The van der Waals surface area contributed by atoms with Gasteiger partial charge in [0.2, 0.25) is 5.91 Å². The second-order valence-corrected chi connectivity index (χ2v) is 8.61. The van der Waals surface area contributed by atoms with Crippen molar-refractivity contribution < 1.29 is 22.7 Å². The van der Waals surface area contributed by atoms with Crippen molar-refractivity contribution in [1.82, 2.24) is 9.88 Å². The number of carbonyl (C=O) groups is 1. The normalized spacial score (nSPS) is 15.5. The van der Waals surface area contributed by atoms with Gasteiger partial charge in [0.15, 0.2) is 17.5 Å². The van der Waals surface area contributed by atoms with Crippen LogP contribution in [0.15, 0.2) is 54.7 Å². The minimum atomic E-state index is -1.52. The minimum absolute atomic E-state index is 0.0524. The number of benzene rings is 2. The molecule has 1 N–H and O–H groups in total. The number of carbonyl (C=O) groups excluding carboxylic acids is 1. The Bertz CT molecular complexity index is 1170. The van der Waals surface area contributed by atoms with Crippen LogP contribution >= 0.6 is 0 Å². The first-order valence-electron chi connectivity index (χ1n) is 11.8. The predicted octanol–water partition coefficient (Wildman–Crippen LogP) is 5.49. The molecule has 5 nitrogen and oxygen atoms in total. The van der Waals surface area contributed by atoms with Crippen LogP contribution < -0.4 is 10.1 Å². The summed E-state index contributed by atoms with van der Waals surface area (Å²) < 4.78 is 47.3. The third-order valence-electron chi connectivity index (χ3n) is 6.20. The van der Waals surface area contributed by atoms with Crippen LogP contribution in [-0.4, -0.2) is 28.9 Å². The first kappa shape index (κ1) is 24.6. The van der Waals surface area contributed by atoms with Gasteiger partial charge in [0, 0.05) is 37.3 Å². The number of fused-ring (bicyclic) bond motifs is 1. The number of nitrogens with one attached hydrogen (secondary N) is 1. The molecule has 8 heteroatoms. The lowest BCUT2D eigenvalue weighted by Gasteiger charge is -2.24. The van der Waals surface area contributed by atoms with Crippen LogP contribution in [0.3, 0.4) is 0 Å². The van der Waals surface area contributed by atoms with E-state index in [0.29, 0.717) is 31.7 Å². The summed E-state index contributed by atoms with van der Waals surface area (Å²) >= 11 is 0. The fraction of sp³-hybridized carbons (Fsp3) is 0.333. The van der Waals surface area contributed by atoms with Gasteiger partial charge < -0.3 is 15.0 Å². The van der Waals surface area contributed by atoms with Crippen LogP contribution in [-0.2, 0) is 24.3 Å². The van der Waals surface area contributed by atoms with E-state index in [1.807, 2.05) is 43.3 Å². The van der Waals surface area contributed by atoms with E-state index in [0.717, 1.165) is 29.4 Å². The van der Waals surface area contributed by atoms with Gasteiger partial charge in [0.1, 0.15) is 11.6 Å². The summed E-state index contributed by atoms with van der Waals surface area (Å²) in [4.78, 5) is 18.9. The Kier molecular flexibility index (Phi) is 7.90. The molecule has 2 heterocycles. The van der Waals surface area contributed by atoms with Gasteiger partial charge in [-0.1, -0.05) is 25.1 Å². The van der Waals surface area contributed by atoms with E-state index in [1.54, 1.807) is 6.20 Å². The SMILES string of the molecule is CCC1Cc2ccc(OCCCNc3ccccn3)cc2CN(Cc2ccc(F)c(F)c2F)C1=O. The molecule has 1 aliphatic rings. The maximum absolute atomic E-state index is 14.3. The predicted molar refractivity (Wildman–Crippen MR) is 127 cm³/mol. The van der Waals surface area contributed by atoms with Gasteiger partial charge >= 0.3 is 0 Å². The number of aromatic nitrogens is 1. The van der Waals surface area contributed by atoms with Gasteiger partial charge in [-0.3, -0.25) is 4.79 Å². The molecular weight excluding hydrogens is 455 g/mol. The Morgan fingerprint density at radius 1 is 1.09 bits per heavy atom. The number of rotatable bonds is 9. The molecule has 0 saturated heterocycles. The van der Waals surface area contributed by atoms with Crippen LogP contribution in [0.2, 0.25) is 0 Å². The number of pyridine rings is 1. The largest absolute Gasteiger partial charge is 0.494 e. The fourth-order valence-electron chi connectivity index (χ4n) is 4.23. The van der Waals surface area contributed by atoms with E-state index < -0.39 is 17.5 Å². The van der Waals surface area contributed by atoms with E-state index in [4.69, 9.17) is 4.74 Å². The van der Waals surface area contributed by atoms with Crippen molar-refractivity contribution in [3.8, 4) is 5.75 Å². The lowest BCUT2D eigenvalue weighted by molar-refractivity contribution is -0.136. The number of ether oxygens (including phenoxy) is 1. The average Bonchev–Trinajstić information content (AvgIpc) is 3.00. The van der Waals surface area contributed by atoms with Crippen molar-refractivity contribution in [3.05, 3.63) is 88.9 Å². The number of halogens is 3. The number of nitrogens with zero attached hydrogens (tertiary/aromatic N) is 2. The van der Waals surface area contributed by atoms with Crippen LogP contribution in [0, 0.1) is 23.4 Å². The van der Waals surface area contributed by atoms with Crippen molar-refractivity contribution in [2.45, 2.75) is 39.3 Å². The summed E-state index contributed by atoms with van der Waals surface area (Å²) in [5.41, 5.74) is 1.88. The summed E-state index contributed by atoms with van der Waals surface area (Å²) in [5, 5.41) is 3.23. The third kappa shape index (κ3) is 5.93. The van der Waals surface area contributed by atoms with Crippen molar-refractivity contribution in [2.24, 2.45) is 5.92 Å². The first-order valence-corrected chi connectivity index (χ1v) is 11.8. The van der Waals surface area contributed by atoms with Gasteiger partial charge in [-0.15, -0.1) is 0 Å². The van der Waals surface area contributed by atoms with E-state index in [-0.39, 0.29) is 30.5 Å². The zero-order valence-corrected chi connectivity index (χ0v) is 19.6. The molecule has 35 heavy (non-hydrogen) atoms. The molecule has 0 radical (unpaired) electrons. The maximum Gasteiger partial charge on any atom is 0.226 e. The zero-order valence-electron chi connectivity index (χ0n) is 19.6. The molecule has 1 atom stereocenters. The van der Waals surface area contributed by atoms with E-state index in [9.17, 15) is 18.0 Å². The molecule has 1 amide bonds. The van der Waals surface area contributed by atoms with Crippen LogP contribution in [0.4, 0.5) is 19.0 Å². The van der Waals surface area contributed by atoms with Gasteiger partial charge in [0.25, 0.3) is 0 Å². The highest BCUT2D eigenvalue weighted by molar-refractivity contribution is 5.80. The molecule has 3 aromatic rings. The van der Waals surface area contributed by atoms with Crippen molar-refractivity contribution in [3.63, 3.8) is 0 Å². The quantitative estimate of drug-likeness (QED) is 0.323. The molecule has 1 unspecified atom stereocenters. The fourth-order valence-corrected chi connectivity index (χ4v) is 4.23. The lowest BCUT2D eigenvalue weighted by Crippen LogP contribution is -2.34. The Morgan fingerprint density at radius 3 is 2.71 bits per heavy atom. The van der Waals surface area contributed by atoms with Crippen LogP contribution in [0.5, 0.6) is 5.75 Å². The molecule has 1 aromatic heterocycles. The van der Waals surface area contributed by atoms with Gasteiger partial charge in [-0.25, -0.2) is 18.2 Å². The monoisotopic (exact) mass is 483 g/mol. The van der Waals surface area contributed by atoms with Crippen molar-refractivity contribution in [2.75, 3.05) is 18.5 Å². The highest BCUT2D eigenvalue weighted by Crippen LogP contribution is 2.29. The number of hydrogen-bond acceptors (Lipinski definition) is 4. The summed E-state index contributed by atoms with van der Waals surface area (Å²) in [6.45, 7) is 3.24. The second-order valence-electron chi connectivity index (χ2n) is 8.61. The molecule has 0 saturated carbocycles. The molecule has 0 spiro atoms. The summed E-state index contributed by atoms with van der Waals surface area (Å²) in [7, 11) is 0. The first-order chi connectivity index (χ1) is 17.0. The molecule has 4 rings (SSSR count). The van der Waals surface area contributed by atoms with Crippen LogP contribution in [0.1, 0.15) is 36.5 Å². The van der Waals surface area contributed by atoms with Gasteiger partial charge in [0.05, 0.1) is 6.61 Å². The molecular formula is C27H28F3N3O2. The summed E-state index contributed by atoms with van der Waals surface area (Å²) in [5.74, 6) is -2.93.